The molecule has 0 radical (unpaired) electrons. The van der Waals surface area contributed by atoms with Gasteiger partial charge < -0.3 is 20.1 Å². The first kappa shape index (κ1) is 17.0. The van der Waals surface area contributed by atoms with Gasteiger partial charge in [-0.15, -0.1) is 0 Å². The van der Waals surface area contributed by atoms with Gasteiger partial charge in [-0.2, -0.15) is 0 Å². The van der Waals surface area contributed by atoms with Crippen LogP contribution in [0.1, 0.15) is 11.1 Å². The maximum atomic E-state index is 12.0. The number of amides is 2. The fraction of sp³-hybridized carbons (Fsp3) is 0.235. The second-order valence-corrected chi connectivity index (χ2v) is 5.42. The van der Waals surface area contributed by atoms with Crippen LogP contribution in [0.15, 0.2) is 36.4 Å². The van der Waals surface area contributed by atoms with Gasteiger partial charge in [-0.3, -0.25) is 0 Å². The van der Waals surface area contributed by atoms with Crippen LogP contribution in [-0.4, -0.2) is 20.3 Å². The van der Waals surface area contributed by atoms with E-state index in [0.29, 0.717) is 28.8 Å². The third-order valence-electron chi connectivity index (χ3n) is 3.35. The number of urea groups is 1. The van der Waals surface area contributed by atoms with E-state index in [2.05, 4.69) is 10.6 Å². The Hall–Kier alpha value is -2.40. The van der Waals surface area contributed by atoms with Gasteiger partial charge in [0.05, 0.1) is 14.2 Å². The molecule has 0 spiro atoms. The zero-order valence-corrected chi connectivity index (χ0v) is 14.0. The van der Waals surface area contributed by atoms with Crippen molar-refractivity contribution in [2.24, 2.45) is 0 Å². The maximum absolute atomic E-state index is 12.0. The predicted molar refractivity (Wildman–Crippen MR) is 91.6 cm³/mol. The number of benzene rings is 2. The van der Waals surface area contributed by atoms with Crippen molar-refractivity contribution in [1.82, 2.24) is 5.32 Å². The lowest BCUT2D eigenvalue weighted by Gasteiger charge is -2.12. The number of hydrogen-bond acceptors (Lipinski definition) is 3. The number of anilines is 1. The number of nitrogens with one attached hydrogen (secondary N) is 2. The van der Waals surface area contributed by atoms with Crippen LogP contribution in [0.4, 0.5) is 10.5 Å². The number of halogens is 1. The lowest BCUT2D eigenvalue weighted by atomic mass is 10.1. The average molecular weight is 335 g/mol. The SMILES string of the molecule is COc1cc(NC(=O)NCc2ccc(Cl)cc2C)cc(OC)c1. The highest BCUT2D eigenvalue weighted by molar-refractivity contribution is 6.30. The second-order valence-electron chi connectivity index (χ2n) is 4.98. The molecule has 2 aromatic rings. The van der Waals surface area contributed by atoms with Crippen LogP contribution in [-0.2, 0) is 6.54 Å². The van der Waals surface area contributed by atoms with E-state index < -0.39 is 0 Å². The summed E-state index contributed by atoms with van der Waals surface area (Å²) >= 11 is 5.92. The lowest BCUT2D eigenvalue weighted by Crippen LogP contribution is -2.28. The van der Waals surface area contributed by atoms with Gasteiger partial charge in [-0.1, -0.05) is 17.7 Å². The molecule has 0 saturated carbocycles. The molecule has 2 rings (SSSR count). The van der Waals surface area contributed by atoms with Crippen LogP contribution in [0, 0.1) is 6.92 Å². The van der Waals surface area contributed by atoms with E-state index >= 15 is 0 Å². The number of rotatable bonds is 5. The molecule has 0 fully saturated rings. The minimum atomic E-state index is -0.311. The molecule has 0 aliphatic carbocycles. The normalized spacial score (nSPS) is 10.1. The monoisotopic (exact) mass is 334 g/mol. The molecular weight excluding hydrogens is 316 g/mol. The Bertz CT molecular complexity index is 682. The standard InChI is InChI=1S/C17H19ClN2O3/c1-11-6-13(18)5-4-12(11)10-19-17(21)20-14-7-15(22-2)9-16(8-14)23-3/h4-9H,10H2,1-3H3,(H2,19,20,21). The van der Waals surface area contributed by atoms with Crippen molar-refractivity contribution in [2.45, 2.75) is 13.5 Å². The molecule has 0 unspecified atom stereocenters. The molecule has 0 aromatic heterocycles. The maximum Gasteiger partial charge on any atom is 0.319 e. The predicted octanol–water partition coefficient (Wildman–Crippen LogP) is 3.99. The highest BCUT2D eigenvalue weighted by Gasteiger charge is 2.07. The smallest absolute Gasteiger partial charge is 0.319 e. The zero-order chi connectivity index (χ0) is 16.8. The fourth-order valence-electron chi connectivity index (χ4n) is 2.09. The Morgan fingerprint density at radius 3 is 2.30 bits per heavy atom. The number of carbonyl (C=O) groups is 1. The summed E-state index contributed by atoms with van der Waals surface area (Å²) in [6, 6.07) is 10.4. The summed E-state index contributed by atoms with van der Waals surface area (Å²) in [4.78, 5) is 12.0. The zero-order valence-electron chi connectivity index (χ0n) is 13.3. The molecule has 2 N–H and O–H groups in total. The van der Waals surface area contributed by atoms with Crippen molar-refractivity contribution >= 4 is 23.3 Å². The molecule has 0 heterocycles. The van der Waals surface area contributed by atoms with E-state index in [9.17, 15) is 4.79 Å². The van der Waals surface area contributed by atoms with Crippen LogP contribution in [0.5, 0.6) is 11.5 Å². The molecule has 0 saturated heterocycles. The number of aryl methyl sites for hydroxylation is 1. The highest BCUT2D eigenvalue weighted by atomic mass is 35.5. The second kappa shape index (κ2) is 7.74. The molecule has 23 heavy (non-hydrogen) atoms. The largest absolute Gasteiger partial charge is 0.497 e. The number of ether oxygens (including phenoxy) is 2. The van der Waals surface area contributed by atoms with Gasteiger partial charge in [0.2, 0.25) is 0 Å². The first-order valence-electron chi connectivity index (χ1n) is 7.05. The van der Waals surface area contributed by atoms with Crippen molar-refractivity contribution in [1.29, 1.82) is 0 Å². The van der Waals surface area contributed by atoms with Gasteiger partial charge in [-0.05, 0) is 30.2 Å². The minimum Gasteiger partial charge on any atom is -0.497 e. The summed E-state index contributed by atoms with van der Waals surface area (Å²) in [5.74, 6) is 1.21. The number of methoxy groups -OCH3 is 2. The van der Waals surface area contributed by atoms with Gasteiger partial charge in [0.1, 0.15) is 11.5 Å². The Labute approximate surface area is 140 Å². The molecular formula is C17H19ClN2O3. The van der Waals surface area contributed by atoms with Gasteiger partial charge in [-0.25, -0.2) is 4.79 Å². The Kier molecular flexibility index (Phi) is 5.71. The summed E-state index contributed by atoms with van der Waals surface area (Å²) in [7, 11) is 3.11. The number of carbonyl (C=O) groups excluding carboxylic acids is 1. The van der Waals surface area contributed by atoms with E-state index in [0.717, 1.165) is 11.1 Å². The van der Waals surface area contributed by atoms with Gasteiger partial charge in [0, 0.05) is 35.5 Å². The van der Waals surface area contributed by atoms with Crippen LogP contribution in [0.25, 0.3) is 0 Å². The molecule has 122 valence electrons. The Morgan fingerprint density at radius 1 is 1.09 bits per heavy atom. The summed E-state index contributed by atoms with van der Waals surface area (Å²) in [6.45, 7) is 2.36. The molecule has 0 atom stereocenters. The van der Waals surface area contributed by atoms with E-state index in [-0.39, 0.29) is 6.03 Å². The molecule has 2 aromatic carbocycles. The molecule has 6 heteroatoms. The third-order valence-corrected chi connectivity index (χ3v) is 3.59. The molecule has 0 aliphatic heterocycles. The van der Waals surface area contributed by atoms with E-state index in [1.807, 2.05) is 19.1 Å². The van der Waals surface area contributed by atoms with Gasteiger partial charge in [0.25, 0.3) is 0 Å². The molecule has 2 amide bonds. The first-order chi connectivity index (χ1) is 11.0. The summed E-state index contributed by atoms with van der Waals surface area (Å²) in [6.07, 6.45) is 0. The summed E-state index contributed by atoms with van der Waals surface area (Å²) in [5.41, 5.74) is 2.63. The van der Waals surface area contributed by atoms with Gasteiger partial charge >= 0.3 is 6.03 Å². The molecule has 0 aliphatic rings. The summed E-state index contributed by atoms with van der Waals surface area (Å²) in [5, 5.41) is 6.24. The first-order valence-corrected chi connectivity index (χ1v) is 7.42. The highest BCUT2D eigenvalue weighted by Crippen LogP contribution is 2.25. The van der Waals surface area contributed by atoms with E-state index in [4.69, 9.17) is 21.1 Å². The van der Waals surface area contributed by atoms with Crippen LogP contribution >= 0.6 is 11.6 Å². The van der Waals surface area contributed by atoms with Crippen LogP contribution in [0.3, 0.4) is 0 Å². The molecule has 5 nitrogen and oxygen atoms in total. The van der Waals surface area contributed by atoms with Crippen molar-refractivity contribution < 1.29 is 14.3 Å². The molecule has 0 bridgehead atoms. The summed E-state index contributed by atoms with van der Waals surface area (Å²) < 4.78 is 10.3. The minimum absolute atomic E-state index is 0.311. The quantitative estimate of drug-likeness (QED) is 0.869. The average Bonchev–Trinajstić information content (AvgIpc) is 2.53. The fourth-order valence-corrected chi connectivity index (χ4v) is 2.31. The topological polar surface area (TPSA) is 59.6 Å². The lowest BCUT2D eigenvalue weighted by molar-refractivity contribution is 0.251. The Morgan fingerprint density at radius 2 is 1.74 bits per heavy atom. The Balaban J connectivity index is 1.99. The van der Waals surface area contributed by atoms with Crippen LogP contribution in [0.2, 0.25) is 5.02 Å². The third kappa shape index (κ3) is 4.79. The number of hydrogen-bond donors (Lipinski definition) is 2. The van der Waals surface area contributed by atoms with E-state index in [1.165, 1.54) is 0 Å². The van der Waals surface area contributed by atoms with E-state index in [1.54, 1.807) is 38.5 Å². The van der Waals surface area contributed by atoms with Crippen molar-refractivity contribution in [3.05, 3.63) is 52.5 Å². The van der Waals surface area contributed by atoms with Crippen molar-refractivity contribution in [2.75, 3.05) is 19.5 Å². The van der Waals surface area contributed by atoms with Gasteiger partial charge in [0.15, 0.2) is 0 Å². The van der Waals surface area contributed by atoms with Crippen molar-refractivity contribution in [3.8, 4) is 11.5 Å². The van der Waals surface area contributed by atoms with Crippen LogP contribution < -0.4 is 20.1 Å². The van der Waals surface area contributed by atoms with Crippen molar-refractivity contribution in [3.63, 3.8) is 0 Å².